The fourth-order valence-corrected chi connectivity index (χ4v) is 6.63. The SMILES string of the molecule is COC[C@]12C[C@H]1[C@@](C)(c1cc(Nc3nccc4cc(OCc5ccon5)cnc34)cc(F)c1F)N=C(N)S2. The summed E-state index contributed by atoms with van der Waals surface area (Å²) in [6, 6.07) is 7.97. The normalized spacial score (nSPS) is 24.1. The van der Waals surface area contributed by atoms with Crippen LogP contribution >= 0.6 is 11.8 Å². The van der Waals surface area contributed by atoms with E-state index in [4.69, 9.17) is 19.7 Å². The first kappa shape index (κ1) is 24.6. The van der Waals surface area contributed by atoms with Gasteiger partial charge in [-0.1, -0.05) is 16.9 Å². The maximum Gasteiger partial charge on any atom is 0.164 e. The Morgan fingerprint density at radius 3 is 2.89 bits per heavy atom. The Morgan fingerprint density at radius 1 is 1.24 bits per heavy atom. The summed E-state index contributed by atoms with van der Waals surface area (Å²) in [4.78, 5) is 13.5. The molecule has 0 unspecified atom stereocenters. The van der Waals surface area contributed by atoms with Gasteiger partial charge in [0, 0.05) is 48.0 Å². The van der Waals surface area contributed by atoms with Crippen molar-refractivity contribution in [3.63, 3.8) is 0 Å². The molecule has 0 bridgehead atoms. The smallest absolute Gasteiger partial charge is 0.164 e. The molecule has 3 aromatic heterocycles. The van der Waals surface area contributed by atoms with Crippen LogP contribution in [0.3, 0.4) is 0 Å². The highest BCUT2D eigenvalue weighted by Crippen LogP contribution is 2.66. The molecule has 12 heteroatoms. The lowest BCUT2D eigenvalue weighted by Gasteiger charge is -2.34. The van der Waals surface area contributed by atoms with Crippen LogP contribution < -0.4 is 15.8 Å². The standard InChI is InChI=1S/C26H24F2N6O3S/c1-25(20-10-26(20,13-35-2)38-24(29)33-25)18-8-16(9-19(27)21(18)28)32-23-22-14(3-5-30-23)7-17(11-31-22)36-12-15-4-6-37-34-15/h3-9,11,20H,10,12-13H2,1-2H3,(H2,29,33)(H,30,32)/t20-,25+,26+/m0/s1. The number of benzene rings is 1. The minimum absolute atomic E-state index is 0.0515. The molecule has 1 aliphatic heterocycles. The van der Waals surface area contributed by atoms with Gasteiger partial charge in [0.25, 0.3) is 0 Å². The number of hydrogen-bond acceptors (Lipinski definition) is 10. The minimum Gasteiger partial charge on any atom is -0.486 e. The van der Waals surface area contributed by atoms with Gasteiger partial charge in [0.15, 0.2) is 22.6 Å². The van der Waals surface area contributed by atoms with E-state index in [1.54, 1.807) is 44.6 Å². The molecule has 196 valence electrons. The van der Waals surface area contributed by atoms with Crippen LogP contribution in [0.2, 0.25) is 0 Å². The number of fused-ring (bicyclic) bond motifs is 2. The number of halogens is 2. The van der Waals surface area contributed by atoms with Crippen molar-refractivity contribution in [2.24, 2.45) is 16.6 Å². The van der Waals surface area contributed by atoms with E-state index in [2.05, 4.69) is 25.4 Å². The number of ether oxygens (including phenoxy) is 2. The van der Waals surface area contributed by atoms with E-state index in [0.717, 1.165) is 17.9 Å². The first-order valence-electron chi connectivity index (χ1n) is 11.9. The third kappa shape index (κ3) is 4.23. The molecule has 1 saturated carbocycles. The number of pyridine rings is 2. The number of hydrogen-bond donors (Lipinski definition) is 2. The summed E-state index contributed by atoms with van der Waals surface area (Å²) in [5, 5.41) is 8.00. The molecule has 1 aliphatic carbocycles. The molecule has 6 rings (SSSR count). The van der Waals surface area contributed by atoms with E-state index in [9.17, 15) is 4.39 Å². The van der Waals surface area contributed by atoms with Crippen molar-refractivity contribution in [2.45, 2.75) is 30.2 Å². The number of nitrogens with zero attached hydrogens (tertiary/aromatic N) is 4. The molecule has 3 N–H and O–H groups in total. The number of nitrogens with one attached hydrogen (secondary N) is 1. The fraction of sp³-hybridized carbons (Fsp3) is 0.308. The zero-order valence-electron chi connectivity index (χ0n) is 20.6. The fourth-order valence-electron chi connectivity index (χ4n) is 5.18. The molecule has 1 aromatic carbocycles. The zero-order valence-corrected chi connectivity index (χ0v) is 21.4. The Labute approximate surface area is 220 Å². The maximum absolute atomic E-state index is 15.2. The quantitative estimate of drug-likeness (QED) is 0.323. The van der Waals surface area contributed by atoms with Gasteiger partial charge in [-0.25, -0.2) is 18.7 Å². The van der Waals surface area contributed by atoms with Crippen molar-refractivity contribution in [1.82, 2.24) is 15.1 Å². The van der Waals surface area contributed by atoms with E-state index < -0.39 is 17.2 Å². The summed E-state index contributed by atoms with van der Waals surface area (Å²) < 4.78 is 45.8. The average Bonchev–Trinajstić information content (AvgIpc) is 3.36. The van der Waals surface area contributed by atoms with E-state index in [0.29, 0.717) is 40.2 Å². The van der Waals surface area contributed by atoms with Gasteiger partial charge >= 0.3 is 0 Å². The number of aliphatic imine (C=N–C) groups is 1. The second kappa shape index (κ2) is 9.21. The van der Waals surface area contributed by atoms with Crippen LogP contribution in [0.15, 0.2) is 58.5 Å². The predicted molar refractivity (Wildman–Crippen MR) is 139 cm³/mol. The highest BCUT2D eigenvalue weighted by molar-refractivity contribution is 8.15. The first-order chi connectivity index (χ1) is 18.3. The Kier molecular flexibility index (Phi) is 5.95. The molecule has 9 nitrogen and oxygen atoms in total. The molecule has 0 spiro atoms. The number of aromatic nitrogens is 3. The van der Waals surface area contributed by atoms with Gasteiger partial charge in [-0.15, -0.1) is 0 Å². The Hall–Kier alpha value is -3.77. The van der Waals surface area contributed by atoms with Crippen molar-refractivity contribution in [1.29, 1.82) is 0 Å². The predicted octanol–water partition coefficient (Wildman–Crippen LogP) is 4.90. The summed E-state index contributed by atoms with van der Waals surface area (Å²) in [6.45, 7) is 2.47. The summed E-state index contributed by atoms with van der Waals surface area (Å²) in [7, 11) is 1.62. The van der Waals surface area contributed by atoms with Crippen molar-refractivity contribution in [3.05, 3.63) is 71.9 Å². The highest BCUT2D eigenvalue weighted by atomic mass is 32.2. The van der Waals surface area contributed by atoms with E-state index in [1.165, 1.54) is 18.0 Å². The van der Waals surface area contributed by atoms with Crippen molar-refractivity contribution in [3.8, 4) is 5.75 Å². The molecule has 4 heterocycles. The van der Waals surface area contributed by atoms with Gasteiger partial charge < -0.3 is 25.0 Å². The van der Waals surface area contributed by atoms with Crippen molar-refractivity contribution >= 4 is 39.3 Å². The van der Waals surface area contributed by atoms with Gasteiger partial charge in [0.1, 0.15) is 29.8 Å². The van der Waals surface area contributed by atoms with Crippen molar-refractivity contribution in [2.75, 3.05) is 19.0 Å². The van der Waals surface area contributed by atoms with Gasteiger partial charge in [-0.3, -0.25) is 4.99 Å². The molecule has 38 heavy (non-hydrogen) atoms. The number of methoxy groups -OCH3 is 1. The lowest BCUT2D eigenvalue weighted by atomic mass is 9.85. The van der Waals surface area contributed by atoms with Crippen LogP contribution in [0, 0.1) is 17.6 Å². The van der Waals surface area contributed by atoms with Gasteiger partial charge in [0.05, 0.1) is 23.1 Å². The van der Waals surface area contributed by atoms with Crippen LogP contribution in [-0.4, -0.2) is 38.8 Å². The Morgan fingerprint density at radius 2 is 2.11 bits per heavy atom. The molecule has 0 radical (unpaired) electrons. The molecular formula is C26H24F2N6O3S. The summed E-state index contributed by atoms with van der Waals surface area (Å²) >= 11 is 1.44. The number of anilines is 2. The lowest BCUT2D eigenvalue weighted by Crippen LogP contribution is -2.37. The highest BCUT2D eigenvalue weighted by Gasteiger charge is 2.66. The van der Waals surface area contributed by atoms with Crippen molar-refractivity contribution < 1.29 is 22.8 Å². The topological polar surface area (TPSA) is 121 Å². The monoisotopic (exact) mass is 538 g/mol. The average molecular weight is 539 g/mol. The third-order valence-electron chi connectivity index (χ3n) is 7.03. The second-order valence-electron chi connectivity index (χ2n) is 9.58. The van der Waals surface area contributed by atoms with Crippen LogP contribution in [0.5, 0.6) is 5.75 Å². The summed E-state index contributed by atoms with van der Waals surface area (Å²) in [6.07, 6.45) is 5.37. The zero-order chi connectivity index (χ0) is 26.5. The van der Waals surface area contributed by atoms with Crippen LogP contribution in [-0.2, 0) is 16.9 Å². The molecule has 4 aromatic rings. The number of amidine groups is 1. The number of thioether (sulfide) groups is 1. The number of rotatable bonds is 8. The first-order valence-corrected chi connectivity index (χ1v) is 12.7. The summed E-state index contributed by atoms with van der Waals surface area (Å²) in [5.74, 6) is -1.07. The van der Waals surface area contributed by atoms with E-state index >= 15 is 4.39 Å². The minimum atomic E-state index is -1.04. The second-order valence-corrected chi connectivity index (χ2v) is 11.0. The maximum atomic E-state index is 15.2. The molecule has 0 amide bonds. The van der Waals surface area contributed by atoms with E-state index in [1.807, 2.05) is 6.07 Å². The molecular weight excluding hydrogens is 514 g/mol. The largest absolute Gasteiger partial charge is 0.486 e. The van der Waals surface area contributed by atoms with Crippen LogP contribution in [0.25, 0.3) is 10.9 Å². The Bertz CT molecular complexity index is 1550. The molecule has 2 aliphatic rings. The van der Waals surface area contributed by atoms with E-state index in [-0.39, 0.29) is 22.8 Å². The molecule has 0 saturated heterocycles. The number of nitrogens with two attached hydrogens (primary N) is 1. The molecule has 1 fully saturated rings. The van der Waals surface area contributed by atoms with Gasteiger partial charge in [-0.05, 0) is 31.5 Å². The van der Waals surface area contributed by atoms with Gasteiger partial charge in [0.2, 0.25) is 0 Å². The third-order valence-corrected chi connectivity index (χ3v) is 8.31. The molecule has 3 atom stereocenters. The van der Waals surface area contributed by atoms with Crippen LogP contribution in [0.1, 0.15) is 24.6 Å². The lowest BCUT2D eigenvalue weighted by molar-refractivity contribution is 0.184. The van der Waals surface area contributed by atoms with Gasteiger partial charge in [-0.2, -0.15) is 0 Å². The van der Waals surface area contributed by atoms with Crippen LogP contribution in [0.4, 0.5) is 20.3 Å². The summed E-state index contributed by atoms with van der Waals surface area (Å²) in [5.41, 5.74) is 6.73. The Balaban J connectivity index is 1.31.